The lowest BCUT2D eigenvalue weighted by Crippen LogP contribution is -2.65. The summed E-state index contributed by atoms with van der Waals surface area (Å²) in [7, 11) is 9.83. The van der Waals surface area contributed by atoms with E-state index in [1.165, 1.54) is 63.2 Å². The zero-order chi connectivity index (χ0) is 94.1. The molecule has 2 aromatic carbocycles. The van der Waals surface area contributed by atoms with Gasteiger partial charge >= 0.3 is 18.2 Å². The van der Waals surface area contributed by atoms with Gasteiger partial charge in [0, 0.05) is 74.9 Å². The van der Waals surface area contributed by atoms with Gasteiger partial charge in [0.1, 0.15) is 66.4 Å². The van der Waals surface area contributed by atoms with Crippen LogP contribution >= 0.6 is 55.5 Å². The SMILES string of the molecule is CCN(C(=O)OCc1ccc(NC(=O)[C@H](CCCNC(N)=O)NC(=O)[C@@H](NC(=O)[C@H](CCCCN)NC(C)=O)C(C)C)cc1)[C@H]1CO[C@@H](O[C@H]2[C@H](O[C@H]3C#CC=CC#C[C@]4(O)CC(=O)C(NC(=O)OC)=C3/C4=C\CSSC3CCNCC3)O[C@H](C)[C@@H](NO[C@H]3C[C@H](O)[C@H]([SH]=C(O)c4c(C)c(I)c(O[C@@H]5O[C@@H](C)[C@H](O)[C@@H](OC)[C@H]5O)c(OC)c4OC)[C@@H](C)O3)[C@@H]2O)C[C@@H]1OC. The molecule has 18 N–H and O–H groups in total. The molecule has 2 aromatic rings. The standard InChI is InChI=1S/C86H124IN11O28S3/c1-14-98(85(111)119-41-49-25-27-50(28-26-49)93-77(105)54(23-21-34-91-83(89)109)94-79(107)65(43(2)3)95-78(106)53(92-48(8)99)22-18-20-33-88)55-42-118-60(39-59(55)113-9)124-74-69(103)66(45(5)121-82(74)123-58-24-17-15-16-19-32-86(112)40-57(101)67(96-84(110)117-13)63(58)52(86)31-37-127-129-51-29-35-90-36-30-51)97-126-61-38-56(100)76(47(7)120-61)128-80(108)62-44(4)64(87)72(75(116-12)71(62)114-10)125-81-70(104)73(115-11)68(102)46(6)122-81/h15-16,25-28,31,43,45-47,51,53-56,58-61,65-66,68-70,73-74,76,81-82,90,97,100,102-104,108,112,128H,14,18,20-23,29-30,33-42,88H2,1-13H3,(H,92,99)(H,93,105)(H,94,107)(H,95,106)(H,96,110)(H3,89,91,109)/b16-15?,52-31+/t45-,46+,47-,53+,54+,55+,56+,58+,59+,60+,61+,65+,66-,68+,69+,70-,73-,74-,76-,81+,82+,86+/m1/s1. The Morgan fingerprint density at radius 2 is 1.50 bits per heavy atom. The first kappa shape index (κ1) is 105. The third-order valence-corrected chi connectivity index (χ3v) is 28.4. The summed E-state index contributed by atoms with van der Waals surface area (Å²) >= 11 is 2.21. The third kappa shape index (κ3) is 28.1. The van der Waals surface area contributed by atoms with E-state index in [1.807, 2.05) is 22.6 Å². The van der Waals surface area contributed by atoms with Gasteiger partial charge in [-0.05, 0) is 163 Å². The maximum atomic E-state index is 14.6. The minimum atomic E-state index is -2.16. The second-order valence-corrected chi connectivity index (χ2v) is 37.2. The highest BCUT2D eigenvalue weighted by molar-refractivity contribution is 14.1. The monoisotopic (exact) mass is 1980 g/mol. The van der Waals surface area contributed by atoms with Crippen molar-refractivity contribution in [2.45, 2.75) is 265 Å². The van der Waals surface area contributed by atoms with Crippen LogP contribution in [0.15, 0.2) is 59.3 Å². The predicted molar refractivity (Wildman–Crippen MR) is 486 cm³/mol. The number of ether oxygens (including phenoxy) is 13. The Kier molecular flexibility index (Phi) is 41.2. The van der Waals surface area contributed by atoms with Crippen molar-refractivity contribution in [3.8, 4) is 40.9 Å². The number of thiol groups is 1. The number of rotatable bonds is 40. The van der Waals surface area contributed by atoms with Gasteiger partial charge in [-0.3, -0.25) is 34.1 Å². The molecule has 7 aliphatic rings. The number of Topliss-reactive ketones (excluding diaryl/α,β-unsaturated/α-hetero) is 1. The van der Waals surface area contributed by atoms with Crippen molar-refractivity contribution in [2.75, 3.05) is 85.9 Å². The van der Waals surface area contributed by atoms with E-state index in [1.54, 1.807) is 89.6 Å². The Labute approximate surface area is 775 Å². The Balaban J connectivity index is 0.931. The number of nitrogens with one attached hydrogen (secondary N) is 8. The molecule has 9 rings (SSSR count). The molecule has 5 fully saturated rings. The topological polar surface area (TPSA) is 539 Å². The number of fused-ring (bicyclic) bond motifs is 2. The van der Waals surface area contributed by atoms with E-state index in [2.05, 4.69) is 66.4 Å². The van der Waals surface area contributed by atoms with Crippen molar-refractivity contribution < 1.29 is 135 Å². The number of hydrogen-bond donors (Lipinski definition) is 17. The van der Waals surface area contributed by atoms with Crippen LogP contribution in [0, 0.1) is 40.1 Å². The number of hydroxylamine groups is 1. The molecule has 0 spiro atoms. The molecule has 43 heteroatoms. The molecule has 2 bridgehead atoms. The molecule has 8 amide bonds. The number of unbranched alkanes of at least 4 members (excludes halogenated alkanes) is 1. The fourth-order valence-corrected chi connectivity index (χ4v) is 20.2. The molecular weight excluding hydrogens is 1860 g/mol. The zero-order valence-electron chi connectivity index (χ0n) is 74.5. The van der Waals surface area contributed by atoms with Crippen molar-refractivity contribution >= 4 is 114 Å². The summed E-state index contributed by atoms with van der Waals surface area (Å²) in [6, 6.07) is 0.259. The third-order valence-electron chi connectivity index (χ3n) is 22.8. The van der Waals surface area contributed by atoms with Gasteiger partial charge in [-0.25, -0.2) is 14.4 Å². The first-order valence-corrected chi connectivity index (χ1v) is 47.2. The van der Waals surface area contributed by atoms with Crippen LogP contribution in [-0.2, 0) is 82.8 Å². The number of likely N-dealkylation sites (N-methyl/N-ethyl adjacent to an activating group) is 1. The average molecular weight is 1980 g/mol. The number of amides is 8. The number of halogens is 1. The van der Waals surface area contributed by atoms with Gasteiger partial charge in [0.15, 0.2) is 41.8 Å². The highest BCUT2D eigenvalue weighted by Crippen LogP contribution is 2.49. The number of carbonyl (C=O) groups is 8. The number of piperidine rings is 1. The molecule has 22 atom stereocenters. The Morgan fingerprint density at radius 1 is 0.806 bits per heavy atom. The summed E-state index contributed by atoms with van der Waals surface area (Å²) in [4.78, 5) is 115. The Morgan fingerprint density at radius 3 is 2.16 bits per heavy atom. The number of carbonyl (C=O) groups excluding carboxylic acids is 8. The first-order chi connectivity index (χ1) is 61.6. The van der Waals surface area contributed by atoms with E-state index in [-0.39, 0.29) is 120 Å². The van der Waals surface area contributed by atoms with Crippen molar-refractivity contribution in [3.05, 3.63) is 79.6 Å². The van der Waals surface area contributed by atoms with Crippen LogP contribution in [0.4, 0.5) is 20.1 Å². The fraction of sp³-hybridized carbons (Fsp3) is 0.640. The highest BCUT2D eigenvalue weighted by Gasteiger charge is 2.53. The molecule has 716 valence electrons. The maximum Gasteiger partial charge on any atom is 0.411 e. The van der Waals surface area contributed by atoms with Crippen LogP contribution in [0.2, 0.25) is 0 Å². The Bertz CT molecular complexity index is 4440. The number of hydrogen-bond acceptors (Lipinski definition) is 32. The number of alkyl carbamates (subject to hydrolysis) is 1. The van der Waals surface area contributed by atoms with E-state index in [0.717, 1.165) is 33.0 Å². The molecule has 5 saturated heterocycles. The highest BCUT2D eigenvalue weighted by atomic mass is 127. The number of aliphatic hydroxyl groups excluding tert-OH is 5. The molecule has 0 radical (unpaired) electrons. The van der Waals surface area contributed by atoms with Crippen molar-refractivity contribution in [1.29, 1.82) is 0 Å². The lowest BCUT2D eigenvalue weighted by Gasteiger charge is -2.47. The number of aliphatic hydroxyl groups is 6. The van der Waals surface area contributed by atoms with Gasteiger partial charge in [-0.2, -0.15) is 16.8 Å². The van der Waals surface area contributed by atoms with Crippen molar-refractivity contribution in [2.24, 2.45) is 17.4 Å². The molecule has 39 nitrogen and oxygen atoms in total. The Hall–Kier alpha value is -7.53. The maximum absolute atomic E-state index is 14.6. The van der Waals surface area contributed by atoms with Crippen LogP contribution in [0.1, 0.15) is 129 Å². The van der Waals surface area contributed by atoms with Crippen LogP contribution in [-0.4, -0.2) is 307 Å². The molecular formula is C86H124IN11O28S3. The zero-order valence-corrected chi connectivity index (χ0v) is 79.1. The van der Waals surface area contributed by atoms with Crippen molar-refractivity contribution in [3.63, 3.8) is 0 Å². The molecule has 129 heavy (non-hydrogen) atoms. The van der Waals surface area contributed by atoms with E-state index in [4.69, 9.17) is 77.9 Å². The van der Waals surface area contributed by atoms with Gasteiger partial charge in [-0.1, -0.05) is 77.3 Å². The number of methoxy groups -OCH3 is 5. The summed E-state index contributed by atoms with van der Waals surface area (Å²) < 4.78 is 80.1. The lowest BCUT2D eigenvalue weighted by molar-refractivity contribution is -0.337. The second-order valence-electron chi connectivity index (χ2n) is 32.1. The van der Waals surface area contributed by atoms with Gasteiger partial charge in [-0.15, -0.1) is 0 Å². The number of anilines is 1. The van der Waals surface area contributed by atoms with Gasteiger partial charge < -0.3 is 140 Å². The number of nitrogens with two attached hydrogens (primary N) is 2. The van der Waals surface area contributed by atoms with Crippen molar-refractivity contribution in [1.82, 2.24) is 42.3 Å². The normalized spacial score (nSPS) is 28.8. The van der Waals surface area contributed by atoms with Crippen LogP contribution in [0.25, 0.3) is 0 Å². The molecule has 0 saturated carbocycles. The molecule has 0 unspecified atom stereocenters. The van der Waals surface area contributed by atoms with E-state index >= 15 is 0 Å². The molecule has 5 aliphatic heterocycles. The first-order valence-electron chi connectivity index (χ1n) is 42.8. The summed E-state index contributed by atoms with van der Waals surface area (Å²) in [5, 5.41) is 90.4. The number of ketones is 1. The van der Waals surface area contributed by atoms with Crippen LogP contribution < -0.4 is 68.4 Å². The average Bonchev–Trinajstić information content (AvgIpc) is 0.748. The summed E-state index contributed by atoms with van der Waals surface area (Å²) in [6.07, 6.45) is -13.5. The van der Waals surface area contributed by atoms with Gasteiger partial charge in [0.25, 0.3) is 0 Å². The predicted octanol–water partition coefficient (Wildman–Crippen LogP) is 2.99. The van der Waals surface area contributed by atoms with Gasteiger partial charge in [0.2, 0.25) is 35.7 Å². The molecule has 2 aliphatic carbocycles. The lowest BCUT2D eigenvalue weighted by atomic mass is 9.75. The number of primary amides is 1. The molecule has 0 aromatic heterocycles. The smallest absolute Gasteiger partial charge is 0.411 e. The van der Waals surface area contributed by atoms with Crippen LogP contribution in [0.3, 0.4) is 0 Å². The van der Waals surface area contributed by atoms with E-state index in [0.29, 0.717) is 45.0 Å². The van der Waals surface area contributed by atoms with E-state index in [9.17, 15) is 69.0 Å². The second kappa shape index (κ2) is 50.5. The molecule has 5 heterocycles. The number of nitrogens with zero attached hydrogens (tertiary/aromatic N) is 1. The summed E-state index contributed by atoms with van der Waals surface area (Å²) in [5.41, 5.74) is 12.9. The number of allylic oxidation sites excluding steroid dienone is 3. The largest absolute Gasteiger partial charge is 0.492 e. The summed E-state index contributed by atoms with van der Waals surface area (Å²) in [5.74, 6) is 8.54. The van der Waals surface area contributed by atoms with Crippen LogP contribution in [0.5, 0.6) is 17.2 Å². The van der Waals surface area contributed by atoms with E-state index < -0.39 is 193 Å². The van der Waals surface area contributed by atoms with Gasteiger partial charge in [0.05, 0.1) is 97.0 Å². The number of benzene rings is 2. The summed E-state index contributed by atoms with van der Waals surface area (Å²) in [6.45, 7) is 14.8. The minimum absolute atomic E-state index is 0.0325. The minimum Gasteiger partial charge on any atom is -0.492 e. The quantitative estimate of drug-likeness (QED) is 0.00867. The fourth-order valence-electron chi connectivity index (χ4n) is 15.8. The number of urea groups is 1.